The zero-order valence-corrected chi connectivity index (χ0v) is 18.0. The number of pyridine rings is 1. The van der Waals surface area contributed by atoms with E-state index in [9.17, 15) is 9.59 Å². The van der Waals surface area contributed by atoms with Gasteiger partial charge in [-0.15, -0.1) is 11.3 Å². The third-order valence-electron chi connectivity index (χ3n) is 4.86. The molecule has 2 aromatic heterocycles. The lowest BCUT2D eigenvalue weighted by Gasteiger charge is -2.27. The molecule has 2 amide bonds. The SMILES string of the molecule is O=C(O)Nc1ccc(-c2cccs2)cc1NC(=O)C=Cc1ccc(N2CCOCC2)nc1. The summed E-state index contributed by atoms with van der Waals surface area (Å²) in [5, 5.41) is 16.1. The fraction of sp³-hybridized carbons (Fsp3) is 0.174. The molecule has 0 spiro atoms. The first kappa shape index (κ1) is 21.5. The number of amides is 2. The summed E-state index contributed by atoms with van der Waals surface area (Å²) in [6.07, 6.45) is 3.57. The summed E-state index contributed by atoms with van der Waals surface area (Å²) >= 11 is 1.56. The molecule has 164 valence electrons. The van der Waals surface area contributed by atoms with Crippen molar-refractivity contribution < 1.29 is 19.4 Å². The summed E-state index contributed by atoms with van der Waals surface area (Å²) in [5.41, 5.74) is 2.36. The molecule has 8 nitrogen and oxygen atoms in total. The van der Waals surface area contributed by atoms with Crippen LogP contribution in [-0.4, -0.2) is 48.4 Å². The molecular weight excluding hydrogens is 428 g/mol. The second kappa shape index (κ2) is 10.1. The summed E-state index contributed by atoms with van der Waals surface area (Å²) < 4.78 is 5.36. The molecule has 3 heterocycles. The molecule has 1 aliphatic rings. The smallest absolute Gasteiger partial charge is 0.409 e. The highest BCUT2D eigenvalue weighted by molar-refractivity contribution is 7.13. The normalized spacial score (nSPS) is 13.8. The van der Waals surface area contributed by atoms with Crippen LogP contribution in [0.2, 0.25) is 0 Å². The number of hydrogen-bond acceptors (Lipinski definition) is 6. The van der Waals surface area contributed by atoms with E-state index in [1.165, 1.54) is 6.08 Å². The topological polar surface area (TPSA) is 104 Å². The number of carbonyl (C=O) groups is 2. The van der Waals surface area contributed by atoms with E-state index < -0.39 is 6.09 Å². The maximum absolute atomic E-state index is 12.5. The van der Waals surface area contributed by atoms with Crippen LogP contribution in [0, 0.1) is 0 Å². The lowest BCUT2D eigenvalue weighted by Crippen LogP contribution is -2.36. The first-order valence-electron chi connectivity index (χ1n) is 10.0. The van der Waals surface area contributed by atoms with E-state index in [0.717, 1.165) is 34.9 Å². The number of morpholine rings is 1. The number of hydrogen-bond donors (Lipinski definition) is 3. The lowest BCUT2D eigenvalue weighted by atomic mass is 10.1. The molecule has 4 rings (SSSR count). The molecule has 0 aliphatic carbocycles. The van der Waals surface area contributed by atoms with Crippen molar-refractivity contribution in [3.8, 4) is 10.4 Å². The Bertz CT molecular complexity index is 1110. The summed E-state index contributed by atoms with van der Waals surface area (Å²) in [6.45, 7) is 3.00. The number of nitrogens with zero attached hydrogens (tertiary/aromatic N) is 2. The molecule has 0 atom stereocenters. The van der Waals surface area contributed by atoms with Gasteiger partial charge in [-0.3, -0.25) is 10.1 Å². The minimum atomic E-state index is -1.20. The van der Waals surface area contributed by atoms with E-state index in [0.29, 0.717) is 24.6 Å². The van der Waals surface area contributed by atoms with Gasteiger partial charge >= 0.3 is 6.09 Å². The van der Waals surface area contributed by atoms with Crippen LogP contribution >= 0.6 is 11.3 Å². The predicted octanol–water partition coefficient (Wildman–Crippen LogP) is 4.39. The van der Waals surface area contributed by atoms with Crippen LogP contribution in [0.3, 0.4) is 0 Å². The number of anilines is 3. The number of benzene rings is 1. The Hall–Kier alpha value is -3.69. The molecule has 3 N–H and O–H groups in total. The first-order chi connectivity index (χ1) is 15.6. The number of carboxylic acid groups (broad SMARTS) is 1. The quantitative estimate of drug-likeness (QED) is 0.481. The highest BCUT2D eigenvalue weighted by Gasteiger charge is 2.12. The minimum Gasteiger partial charge on any atom is -0.465 e. The van der Waals surface area contributed by atoms with E-state index in [4.69, 9.17) is 9.84 Å². The van der Waals surface area contributed by atoms with E-state index in [2.05, 4.69) is 20.5 Å². The van der Waals surface area contributed by atoms with Gasteiger partial charge in [-0.25, -0.2) is 9.78 Å². The maximum Gasteiger partial charge on any atom is 0.409 e. The lowest BCUT2D eigenvalue weighted by molar-refractivity contribution is -0.111. The standard InChI is InChI=1S/C23H22N4O4S/c28-22(8-4-16-3-7-21(24-15-16)27-9-11-31-12-10-27)25-19-14-17(20-2-1-13-32-20)5-6-18(19)26-23(29)30/h1-8,13-15,26H,9-12H2,(H,25,28)(H,29,30). The van der Waals surface area contributed by atoms with Gasteiger partial charge in [0.2, 0.25) is 5.91 Å². The molecule has 1 aliphatic heterocycles. The molecule has 1 saturated heterocycles. The van der Waals surface area contributed by atoms with Gasteiger partial charge < -0.3 is 20.1 Å². The highest BCUT2D eigenvalue weighted by atomic mass is 32.1. The Morgan fingerprint density at radius 3 is 2.62 bits per heavy atom. The summed E-state index contributed by atoms with van der Waals surface area (Å²) in [5.74, 6) is 0.503. The first-order valence-corrected chi connectivity index (χ1v) is 10.9. The molecule has 1 fully saturated rings. The fourth-order valence-corrected chi connectivity index (χ4v) is 4.01. The van der Waals surface area contributed by atoms with Crippen LogP contribution in [-0.2, 0) is 9.53 Å². The van der Waals surface area contributed by atoms with Gasteiger partial charge in [0.15, 0.2) is 0 Å². The van der Waals surface area contributed by atoms with Gasteiger partial charge in [0.05, 0.1) is 24.6 Å². The Balaban J connectivity index is 1.46. The minimum absolute atomic E-state index is 0.302. The Labute approximate surface area is 189 Å². The van der Waals surface area contributed by atoms with Crippen molar-refractivity contribution in [2.75, 3.05) is 41.8 Å². The molecule has 32 heavy (non-hydrogen) atoms. The summed E-state index contributed by atoms with van der Waals surface area (Å²) in [7, 11) is 0. The van der Waals surface area contributed by atoms with Crippen LogP contribution in [0.25, 0.3) is 16.5 Å². The van der Waals surface area contributed by atoms with Crippen molar-refractivity contribution in [1.82, 2.24) is 4.98 Å². The van der Waals surface area contributed by atoms with E-state index in [-0.39, 0.29) is 5.91 Å². The number of thiophene rings is 1. The van der Waals surface area contributed by atoms with Crippen LogP contribution in [0.4, 0.5) is 22.0 Å². The van der Waals surface area contributed by atoms with Gasteiger partial charge in [-0.2, -0.15) is 0 Å². The largest absolute Gasteiger partial charge is 0.465 e. The van der Waals surface area contributed by atoms with Gasteiger partial charge in [-0.05, 0) is 52.9 Å². The zero-order chi connectivity index (χ0) is 22.3. The van der Waals surface area contributed by atoms with Crippen LogP contribution in [0.1, 0.15) is 5.56 Å². The summed E-state index contributed by atoms with van der Waals surface area (Å²) in [4.78, 5) is 31.3. The Morgan fingerprint density at radius 2 is 1.94 bits per heavy atom. The molecule has 0 bridgehead atoms. The van der Waals surface area contributed by atoms with Crippen LogP contribution in [0.5, 0.6) is 0 Å². The zero-order valence-electron chi connectivity index (χ0n) is 17.2. The van der Waals surface area contributed by atoms with Gasteiger partial charge in [-0.1, -0.05) is 12.1 Å². The van der Waals surface area contributed by atoms with Crippen LogP contribution in [0.15, 0.2) is 60.1 Å². The molecule has 0 saturated carbocycles. The molecule has 0 unspecified atom stereocenters. The number of ether oxygens (including phenoxy) is 1. The molecule has 9 heteroatoms. The second-order valence-electron chi connectivity index (χ2n) is 7.04. The van der Waals surface area contributed by atoms with E-state index in [1.807, 2.05) is 35.7 Å². The van der Waals surface area contributed by atoms with Crippen molar-refractivity contribution >= 4 is 46.6 Å². The Morgan fingerprint density at radius 1 is 1.09 bits per heavy atom. The Kier molecular flexibility index (Phi) is 6.78. The maximum atomic E-state index is 12.5. The average molecular weight is 451 g/mol. The highest BCUT2D eigenvalue weighted by Crippen LogP contribution is 2.31. The molecule has 3 aromatic rings. The van der Waals surface area contributed by atoms with Crippen molar-refractivity contribution in [2.24, 2.45) is 0 Å². The van der Waals surface area contributed by atoms with Gasteiger partial charge in [0, 0.05) is 30.2 Å². The predicted molar refractivity (Wildman–Crippen MR) is 126 cm³/mol. The monoisotopic (exact) mass is 450 g/mol. The number of carbonyl (C=O) groups excluding carboxylic acids is 1. The fourth-order valence-electron chi connectivity index (χ4n) is 3.29. The number of rotatable bonds is 6. The van der Waals surface area contributed by atoms with Crippen molar-refractivity contribution in [1.29, 1.82) is 0 Å². The average Bonchev–Trinajstić information content (AvgIpc) is 3.34. The van der Waals surface area contributed by atoms with Crippen molar-refractivity contribution in [3.63, 3.8) is 0 Å². The molecular formula is C23H22N4O4S. The second-order valence-corrected chi connectivity index (χ2v) is 7.99. The van der Waals surface area contributed by atoms with Gasteiger partial charge in [0.25, 0.3) is 0 Å². The van der Waals surface area contributed by atoms with E-state index in [1.54, 1.807) is 35.7 Å². The van der Waals surface area contributed by atoms with Gasteiger partial charge in [0.1, 0.15) is 5.82 Å². The third-order valence-corrected chi connectivity index (χ3v) is 5.78. The van der Waals surface area contributed by atoms with Crippen LogP contribution < -0.4 is 15.5 Å². The van der Waals surface area contributed by atoms with Crippen molar-refractivity contribution in [3.05, 3.63) is 65.7 Å². The molecule has 1 aromatic carbocycles. The van der Waals surface area contributed by atoms with E-state index >= 15 is 0 Å². The third kappa shape index (κ3) is 5.51. The summed E-state index contributed by atoms with van der Waals surface area (Å²) in [6, 6.07) is 12.9. The number of nitrogens with one attached hydrogen (secondary N) is 2. The number of aromatic nitrogens is 1. The van der Waals surface area contributed by atoms with Crippen molar-refractivity contribution in [2.45, 2.75) is 0 Å². The molecule has 0 radical (unpaired) electrons.